The molecule has 0 aliphatic rings. The highest BCUT2D eigenvalue weighted by atomic mass is 19.1. The molecule has 0 saturated carbocycles. The van der Waals surface area contributed by atoms with Crippen LogP contribution in [0.15, 0.2) is 54.6 Å². The van der Waals surface area contributed by atoms with Crippen LogP contribution in [0.2, 0.25) is 0 Å². The number of nitrogens with zero attached hydrogens (tertiary/aromatic N) is 1. The molecule has 1 amide bonds. The average molecular weight is 407 g/mol. The maximum Gasteiger partial charge on any atom is 0.328 e. The van der Waals surface area contributed by atoms with Crippen molar-refractivity contribution in [2.75, 3.05) is 0 Å². The van der Waals surface area contributed by atoms with E-state index in [1.54, 1.807) is 18.2 Å². The third kappa shape index (κ3) is 3.48. The van der Waals surface area contributed by atoms with Crippen LogP contribution >= 0.6 is 0 Å². The Kier molecular flexibility index (Phi) is 4.93. The maximum absolute atomic E-state index is 13.4. The molecule has 4 N–H and O–H groups in total. The Balaban J connectivity index is 1.90. The number of carboxylic acids is 1. The smallest absolute Gasteiger partial charge is 0.328 e. The summed E-state index contributed by atoms with van der Waals surface area (Å²) < 4.78 is 13.4. The largest absolute Gasteiger partial charge is 0.480 e. The van der Waals surface area contributed by atoms with Crippen molar-refractivity contribution in [2.45, 2.75) is 19.1 Å². The van der Waals surface area contributed by atoms with Gasteiger partial charge in [0.25, 0.3) is 5.91 Å². The number of fused-ring (bicyclic) bond motifs is 3. The van der Waals surface area contributed by atoms with Crippen molar-refractivity contribution < 1.29 is 24.2 Å². The van der Waals surface area contributed by atoms with E-state index in [2.05, 4.69) is 15.3 Å². The van der Waals surface area contributed by atoms with E-state index in [1.807, 2.05) is 24.3 Å². The van der Waals surface area contributed by atoms with E-state index in [4.69, 9.17) is 0 Å². The van der Waals surface area contributed by atoms with Gasteiger partial charge in [-0.3, -0.25) is 4.79 Å². The normalized spacial score (nSPS) is 13.3. The van der Waals surface area contributed by atoms with Gasteiger partial charge in [-0.05, 0) is 43.3 Å². The highest BCUT2D eigenvalue weighted by Crippen LogP contribution is 2.32. The number of H-pyrrole nitrogens is 1. The molecule has 2 atom stereocenters. The Hall–Kier alpha value is -3.78. The number of aromatic amines is 1. The minimum absolute atomic E-state index is 0.0153. The molecule has 8 heteroatoms. The molecule has 0 fully saturated rings. The predicted molar refractivity (Wildman–Crippen MR) is 110 cm³/mol. The molecule has 0 bridgehead atoms. The van der Waals surface area contributed by atoms with Crippen molar-refractivity contribution in [3.05, 3.63) is 66.1 Å². The number of carbonyl (C=O) groups excluding carboxylic acids is 1. The van der Waals surface area contributed by atoms with E-state index in [-0.39, 0.29) is 5.69 Å². The molecule has 2 unspecified atom stereocenters. The molecule has 30 heavy (non-hydrogen) atoms. The number of aliphatic carboxylic acids is 1. The van der Waals surface area contributed by atoms with Crippen LogP contribution in [0.3, 0.4) is 0 Å². The van der Waals surface area contributed by atoms with Gasteiger partial charge in [-0.25, -0.2) is 14.2 Å². The van der Waals surface area contributed by atoms with Crippen molar-refractivity contribution in [3.63, 3.8) is 0 Å². The van der Waals surface area contributed by atoms with Crippen molar-refractivity contribution in [3.8, 4) is 11.3 Å². The van der Waals surface area contributed by atoms with Crippen LogP contribution in [0, 0.1) is 5.82 Å². The van der Waals surface area contributed by atoms with Gasteiger partial charge in [0.05, 0.1) is 17.3 Å². The number of hydrogen-bond donors (Lipinski definition) is 4. The molecule has 0 saturated heterocycles. The van der Waals surface area contributed by atoms with Crippen molar-refractivity contribution in [1.29, 1.82) is 0 Å². The lowest BCUT2D eigenvalue weighted by molar-refractivity contribution is -0.141. The second-order valence-electron chi connectivity index (χ2n) is 6.99. The maximum atomic E-state index is 13.4. The van der Waals surface area contributed by atoms with E-state index < -0.39 is 29.8 Å². The lowest BCUT2D eigenvalue weighted by Gasteiger charge is -2.17. The zero-order chi connectivity index (χ0) is 21.4. The highest BCUT2D eigenvalue weighted by molar-refractivity contribution is 6.13. The first-order valence-corrected chi connectivity index (χ1v) is 9.24. The van der Waals surface area contributed by atoms with Gasteiger partial charge in [-0.1, -0.05) is 18.2 Å². The summed E-state index contributed by atoms with van der Waals surface area (Å²) in [5.41, 5.74) is 2.51. The molecule has 0 spiro atoms. The van der Waals surface area contributed by atoms with Gasteiger partial charge in [0.15, 0.2) is 6.04 Å². The Bertz CT molecular complexity index is 1260. The zero-order valence-electron chi connectivity index (χ0n) is 15.9. The lowest BCUT2D eigenvalue weighted by Crippen LogP contribution is -2.47. The summed E-state index contributed by atoms with van der Waals surface area (Å²) >= 11 is 0. The second kappa shape index (κ2) is 7.57. The van der Waals surface area contributed by atoms with E-state index in [1.165, 1.54) is 19.1 Å². The molecule has 0 aliphatic heterocycles. The average Bonchev–Trinajstić information content (AvgIpc) is 3.10. The van der Waals surface area contributed by atoms with Gasteiger partial charge < -0.3 is 20.5 Å². The van der Waals surface area contributed by atoms with E-state index >= 15 is 0 Å². The number of aromatic nitrogens is 2. The molecule has 2 aromatic heterocycles. The van der Waals surface area contributed by atoms with Crippen LogP contribution < -0.4 is 5.32 Å². The third-order valence-electron chi connectivity index (χ3n) is 4.88. The first kappa shape index (κ1) is 19.5. The second-order valence-corrected chi connectivity index (χ2v) is 6.99. The number of benzene rings is 2. The van der Waals surface area contributed by atoms with Gasteiger partial charge in [0, 0.05) is 21.9 Å². The molecule has 2 heterocycles. The van der Waals surface area contributed by atoms with Crippen LogP contribution in [0.4, 0.5) is 4.39 Å². The Morgan fingerprint density at radius 3 is 2.47 bits per heavy atom. The number of amides is 1. The van der Waals surface area contributed by atoms with Gasteiger partial charge in [0.1, 0.15) is 11.5 Å². The summed E-state index contributed by atoms with van der Waals surface area (Å²) in [6.07, 6.45) is -1.29. The van der Waals surface area contributed by atoms with Crippen molar-refractivity contribution >= 4 is 33.7 Å². The first-order chi connectivity index (χ1) is 14.3. The third-order valence-corrected chi connectivity index (χ3v) is 4.88. The van der Waals surface area contributed by atoms with E-state index in [0.717, 1.165) is 10.9 Å². The monoisotopic (exact) mass is 407 g/mol. The summed E-state index contributed by atoms with van der Waals surface area (Å²) in [6, 6.07) is 13.3. The van der Waals surface area contributed by atoms with Gasteiger partial charge >= 0.3 is 5.97 Å². The molecule has 4 rings (SSSR count). The van der Waals surface area contributed by atoms with Gasteiger partial charge in [-0.15, -0.1) is 0 Å². The number of hydrogen-bond acceptors (Lipinski definition) is 4. The van der Waals surface area contributed by atoms with E-state index in [9.17, 15) is 24.2 Å². The van der Waals surface area contributed by atoms with Crippen LogP contribution in [0.1, 0.15) is 17.4 Å². The number of aliphatic hydroxyl groups excluding tert-OH is 1. The molecule has 2 aromatic carbocycles. The standard InChI is InChI=1S/C22H18FN3O4/c1-11(27)18(22(29)30)26-21(28)17-10-15-14-4-2-3-5-16(14)24-20(15)19(25-17)12-6-8-13(23)9-7-12/h2-11,18,24,27H,1H3,(H,26,28)(H,29,30). The van der Waals surface area contributed by atoms with Crippen LogP contribution in [0.5, 0.6) is 0 Å². The highest BCUT2D eigenvalue weighted by Gasteiger charge is 2.27. The number of carboxylic acid groups (broad SMARTS) is 1. The molecule has 152 valence electrons. The number of nitrogens with one attached hydrogen (secondary N) is 2. The lowest BCUT2D eigenvalue weighted by atomic mass is 10.1. The van der Waals surface area contributed by atoms with Crippen molar-refractivity contribution in [2.24, 2.45) is 0 Å². The quantitative estimate of drug-likeness (QED) is 0.406. The molecule has 0 aliphatic carbocycles. The predicted octanol–water partition coefficient (Wildman–Crippen LogP) is 3.09. The molecule has 0 radical (unpaired) electrons. The fraction of sp³-hybridized carbons (Fsp3) is 0.136. The number of halogens is 1. The zero-order valence-corrected chi connectivity index (χ0v) is 15.9. The summed E-state index contributed by atoms with van der Waals surface area (Å²) in [7, 11) is 0. The van der Waals surface area contributed by atoms with Crippen LogP contribution in [-0.4, -0.2) is 44.2 Å². The fourth-order valence-electron chi connectivity index (χ4n) is 3.38. The summed E-state index contributed by atoms with van der Waals surface area (Å²) in [4.78, 5) is 31.8. The number of carbonyl (C=O) groups is 2. The Morgan fingerprint density at radius 2 is 1.80 bits per heavy atom. The van der Waals surface area contributed by atoms with E-state index in [0.29, 0.717) is 22.2 Å². The van der Waals surface area contributed by atoms with Crippen LogP contribution in [-0.2, 0) is 4.79 Å². The minimum Gasteiger partial charge on any atom is -0.480 e. The van der Waals surface area contributed by atoms with Gasteiger partial charge in [-0.2, -0.15) is 0 Å². The summed E-state index contributed by atoms with van der Waals surface area (Å²) in [5.74, 6) is -2.49. The van der Waals surface area contributed by atoms with Gasteiger partial charge in [0.2, 0.25) is 0 Å². The Morgan fingerprint density at radius 1 is 1.10 bits per heavy atom. The topological polar surface area (TPSA) is 115 Å². The number of aliphatic hydroxyl groups is 1. The summed E-state index contributed by atoms with van der Waals surface area (Å²) in [6.45, 7) is 1.28. The minimum atomic E-state index is -1.48. The van der Waals surface area contributed by atoms with Crippen LogP contribution in [0.25, 0.3) is 33.1 Å². The molecular weight excluding hydrogens is 389 g/mol. The summed E-state index contributed by atoms with van der Waals surface area (Å²) in [5, 5.41) is 22.8. The molecular formula is C22H18FN3O4. The first-order valence-electron chi connectivity index (χ1n) is 9.24. The number of para-hydroxylation sites is 1. The molecule has 4 aromatic rings. The SMILES string of the molecule is CC(O)C(NC(=O)c1cc2c([nH]c3ccccc32)c(-c2ccc(F)cc2)n1)C(=O)O. The number of pyridine rings is 1. The Labute approximate surface area is 170 Å². The van der Waals surface area contributed by atoms with Crippen molar-refractivity contribution in [1.82, 2.24) is 15.3 Å². The fourth-order valence-corrected chi connectivity index (χ4v) is 3.38. The number of rotatable bonds is 5. The molecule has 7 nitrogen and oxygen atoms in total.